The molecule has 292 valence electrons. The number of methoxy groups -OCH3 is 1. The van der Waals surface area contributed by atoms with Gasteiger partial charge < -0.3 is 58.0 Å². The van der Waals surface area contributed by atoms with Crippen LogP contribution in [-0.2, 0) is 70.2 Å². The largest absolute Gasteiger partial charge is 0.459 e. The molecule has 0 aromatic heterocycles. The van der Waals surface area contributed by atoms with Crippen molar-refractivity contribution in [2.45, 2.75) is 32.1 Å². The van der Waals surface area contributed by atoms with Gasteiger partial charge in [0.2, 0.25) is 5.91 Å². The molecule has 0 unspecified atom stereocenters. The lowest BCUT2D eigenvalue weighted by atomic mass is 10.1. The van der Waals surface area contributed by atoms with Crippen LogP contribution in [0.5, 0.6) is 0 Å². The van der Waals surface area contributed by atoms with Gasteiger partial charge in [0.1, 0.15) is 19.3 Å². The summed E-state index contributed by atoms with van der Waals surface area (Å²) in [6, 6.07) is 17.3. The Balaban J connectivity index is 1.44. The predicted molar refractivity (Wildman–Crippen MR) is 190 cm³/mol. The zero-order valence-electron chi connectivity index (χ0n) is 30.3. The molecule has 0 spiro atoms. The Bertz CT molecular complexity index is 1160. The van der Waals surface area contributed by atoms with Gasteiger partial charge in [-0.15, -0.1) is 0 Å². The molecule has 0 bridgehead atoms. The number of ether oxygens (including phenoxy) is 10. The number of alkyl carbamates (subject to hydrolysis) is 1. The highest BCUT2D eigenvalue weighted by atomic mass is 16.6. The molecule has 2 amide bonds. The average molecular weight is 737 g/mol. The van der Waals surface area contributed by atoms with E-state index >= 15 is 0 Å². The second-order valence-corrected chi connectivity index (χ2v) is 11.0. The molecule has 0 saturated heterocycles. The maximum absolute atomic E-state index is 12.8. The fourth-order valence-electron chi connectivity index (χ4n) is 4.18. The first-order chi connectivity index (χ1) is 25.6. The lowest BCUT2D eigenvalue weighted by Crippen LogP contribution is -2.43. The van der Waals surface area contributed by atoms with E-state index in [2.05, 4.69) is 10.6 Å². The summed E-state index contributed by atoms with van der Waals surface area (Å²) < 4.78 is 53.6. The van der Waals surface area contributed by atoms with Crippen molar-refractivity contribution in [1.29, 1.82) is 0 Å². The van der Waals surface area contributed by atoms with E-state index in [0.717, 1.165) is 11.1 Å². The lowest BCUT2D eigenvalue weighted by molar-refractivity contribution is -0.147. The Morgan fingerprint density at radius 2 is 0.942 bits per heavy atom. The Morgan fingerprint density at radius 3 is 1.38 bits per heavy atom. The van der Waals surface area contributed by atoms with Crippen molar-refractivity contribution < 1.29 is 61.8 Å². The van der Waals surface area contributed by atoms with Crippen LogP contribution in [0.1, 0.15) is 24.0 Å². The third-order valence-corrected chi connectivity index (χ3v) is 6.91. The summed E-state index contributed by atoms with van der Waals surface area (Å²) in [5.74, 6) is -0.957. The standard InChI is InChI=1S/C37H56N2O13/c1-43-16-17-45-20-21-47-24-25-49-28-29-50-27-26-48-23-22-46-19-18-44-15-14-38-35(40)13-12-34(36(41)51-30-32-8-4-2-5-9-32)39-37(42)52-31-33-10-6-3-7-11-33/h2-11,34H,12-31H2,1H3,(H,38,40)(H,39,42)/t34-/m0/s1. The second kappa shape index (κ2) is 32.0. The first-order valence-electron chi connectivity index (χ1n) is 17.6. The quantitative estimate of drug-likeness (QED) is 0.0812. The Hall–Kier alpha value is -3.67. The summed E-state index contributed by atoms with van der Waals surface area (Å²) in [6.45, 7) is 7.32. The number of benzene rings is 2. The summed E-state index contributed by atoms with van der Waals surface area (Å²) in [6.07, 6.45) is -0.774. The van der Waals surface area contributed by atoms with Gasteiger partial charge in [0.15, 0.2) is 0 Å². The summed E-state index contributed by atoms with van der Waals surface area (Å²) in [4.78, 5) is 37.7. The number of hydrogen-bond acceptors (Lipinski definition) is 13. The van der Waals surface area contributed by atoms with Gasteiger partial charge in [0.25, 0.3) is 0 Å². The van der Waals surface area contributed by atoms with Crippen LogP contribution in [0.4, 0.5) is 4.79 Å². The minimum Gasteiger partial charge on any atom is -0.459 e. The maximum atomic E-state index is 12.8. The van der Waals surface area contributed by atoms with Gasteiger partial charge in [-0.05, 0) is 17.5 Å². The van der Waals surface area contributed by atoms with Crippen molar-refractivity contribution in [3.05, 3.63) is 71.8 Å². The van der Waals surface area contributed by atoms with Crippen molar-refractivity contribution in [2.24, 2.45) is 0 Å². The fourth-order valence-corrected chi connectivity index (χ4v) is 4.18. The van der Waals surface area contributed by atoms with Gasteiger partial charge in [-0.1, -0.05) is 60.7 Å². The number of hydrogen-bond donors (Lipinski definition) is 2. The van der Waals surface area contributed by atoms with Crippen molar-refractivity contribution in [3.8, 4) is 0 Å². The first kappa shape index (κ1) is 44.5. The van der Waals surface area contributed by atoms with Crippen LogP contribution < -0.4 is 10.6 Å². The smallest absolute Gasteiger partial charge is 0.408 e. The molecule has 2 aromatic rings. The van der Waals surface area contributed by atoms with E-state index in [-0.39, 0.29) is 45.1 Å². The fraction of sp³-hybridized carbons (Fsp3) is 0.595. The third-order valence-electron chi connectivity index (χ3n) is 6.91. The van der Waals surface area contributed by atoms with Crippen LogP contribution in [0.2, 0.25) is 0 Å². The van der Waals surface area contributed by atoms with Crippen LogP contribution in [0.3, 0.4) is 0 Å². The molecule has 1 atom stereocenters. The molecule has 0 heterocycles. The highest BCUT2D eigenvalue weighted by Crippen LogP contribution is 2.07. The Kier molecular flexibility index (Phi) is 27.4. The Labute approximate surface area is 306 Å². The van der Waals surface area contributed by atoms with Gasteiger partial charge in [-0.3, -0.25) is 4.79 Å². The second-order valence-electron chi connectivity index (χ2n) is 11.0. The topological polar surface area (TPSA) is 168 Å². The monoisotopic (exact) mass is 736 g/mol. The third kappa shape index (κ3) is 25.3. The van der Waals surface area contributed by atoms with Gasteiger partial charge in [-0.2, -0.15) is 0 Å². The molecule has 0 aliphatic rings. The molecule has 2 aromatic carbocycles. The number of rotatable bonds is 33. The summed E-state index contributed by atoms with van der Waals surface area (Å²) >= 11 is 0. The zero-order valence-corrected chi connectivity index (χ0v) is 30.3. The van der Waals surface area contributed by atoms with Crippen LogP contribution >= 0.6 is 0 Å². The zero-order chi connectivity index (χ0) is 37.2. The van der Waals surface area contributed by atoms with Gasteiger partial charge in [-0.25, -0.2) is 9.59 Å². The molecule has 0 fully saturated rings. The first-order valence-corrected chi connectivity index (χ1v) is 17.6. The summed E-state index contributed by atoms with van der Waals surface area (Å²) in [5.41, 5.74) is 1.60. The van der Waals surface area contributed by atoms with Crippen LogP contribution in [0.15, 0.2) is 60.7 Å². The van der Waals surface area contributed by atoms with E-state index in [0.29, 0.717) is 92.5 Å². The van der Waals surface area contributed by atoms with Crippen LogP contribution in [0.25, 0.3) is 0 Å². The van der Waals surface area contributed by atoms with Gasteiger partial charge >= 0.3 is 12.1 Å². The van der Waals surface area contributed by atoms with Crippen molar-refractivity contribution in [3.63, 3.8) is 0 Å². The highest BCUT2D eigenvalue weighted by Gasteiger charge is 2.24. The molecular formula is C37H56N2O13. The minimum atomic E-state index is -1.07. The molecular weight excluding hydrogens is 680 g/mol. The average Bonchev–Trinajstić information content (AvgIpc) is 3.17. The van der Waals surface area contributed by atoms with E-state index in [1.165, 1.54) is 0 Å². The summed E-state index contributed by atoms with van der Waals surface area (Å²) in [5, 5.41) is 5.28. The van der Waals surface area contributed by atoms with Gasteiger partial charge in [0, 0.05) is 20.1 Å². The summed E-state index contributed by atoms with van der Waals surface area (Å²) in [7, 11) is 1.63. The number of carbonyl (C=O) groups is 3. The predicted octanol–water partition coefficient (Wildman–Crippen LogP) is 2.68. The van der Waals surface area contributed by atoms with E-state index in [9.17, 15) is 14.4 Å². The Morgan fingerprint density at radius 1 is 0.538 bits per heavy atom. The molecule has 52 heavy (non-hydrogen) atoms. The minimum absolute atomic E-state index is 0.0193. The number of carbonyl (C=O) groups excluding carboxylic acids is 3. The number of esters is 1. The van der Waals surface area contributed by atoms with E-state index in [4.69, 9.17) is 47.4 Å². The van der Waals surface area contributed by atoms with E-state index in [1.807, 2.05) is 60.7 Å². The molecule has 0 saturated carbocycles. The van der Waals surface area contributed by atoms with E-state index < -0.39 is 18.1 Å². The SMILES string of the molecule is COCCOCCOCCOCCOCCOCCOCCOCCNC(=O)CC[C@H](NC(=O)OCc1ccccc1)C(=O)OCc1ccccc1. The van der Waals surface area contributed by atoms with Crippen LogP contribution in [0, 0.1) is 0 Å². The molecule has 2 rings (SSSR count). The maximum Gasteiger partial charge on any atom is 0.408 e. The van der Waals surface area contributed by atoms with Crippen molar-refractivity contribution in [2.75, 3.05) is 113 Å². The number of amides is 2. The number of nitrogens with one attached hydrogen (secondary N) is 2. The lowest BCUT2D eigenvalue weighted by Gasteiger charge is -2.18. The van der Waals surface area contributed by atoms with Crippen LogP contribution in [-0.4, -0.2) is 137 Å². The molecule has 0 aliphatic heterocycles. The molecule has 0 radical (unpaired) electrons. The molecule has 15 nitrogen and oxygen atoms in total. The molecule has 2 N–H and O–H groups in total. The van der Waals surface area contributed by atoms with E-state index in [1.54, 1.807) is 7.11 Å². The molecule has 15 heteroatoms. The highest BCUT2D eigenvalue weighted by molar-refractivity contribution is 5.83. The molecule has 0 aliphatic carbocycles. The van der Waals surface area contributed by atoms with Gasteiger partial charge in [0.05, 0.1) is 99.1 Å². The normalized spacial score (nSPS) is 11.6. The van der Waals surface area contributed by atoms with Crippen molar-refractivity contribution >= 4 is 18.0 Å². The van der Waals surface area contributed by atoms with Crippen molar-refractivity contribution in [1.82, 2.24) is 10.6 Å².